The van der Waals surface area contributed by atoms with Gasteiger partial charge in [0.15, 0.2) is 0 Å². The number of hydrogen-bond acceptors (Lipinski definition) is 9. The average molecular weight is 415 g/mol. The Kier molecular flexibility index (Phi) is 6.67. The van der Waals surface area contributed by atoms with Crippen molar-refractivity contribution in [3.8, 4) is 0 Å². The summed E-state index contributed by atoms with van der Waals surface area (Å²) in [7, 11) is 0. The topological polar surface area (TPSA) is 165 Å². The highest BCUT2D eigenvalue weighted by molar-refractivity contribution is 5.95. The SMILES string of the molecule is O=C(NNc1ncnc(NC2CCCCCC2)c1[N+](=O)[O-])c1cccc([N+](=O)[O-])c1. The fraction of sp³-hybridized carbons (Fsp3) is 0.389. The molecule has 0 bridgehead atoms. The largest absolute Gasteiger partial charge is 0.361 e. The van der Waals surface area contributed by atoms with Gasteiger partial charge in [-0.05, 0) is 18.9 Å². The molecule has 1 aliphatic rings. The highest BCUT2D eigenvalue weighted by Crippen LogP contribution is 2.30. The van der Waals surface area contributed by atoms with Crippen LogP contribution in [0, 0.1) is 20.2 Å². The summed E-state index contributed by atoms with van der Waals surface area (Å²) in [6, 6.07) is 5.19. The number of hydrazine groups is 1. The predicted molar refractivity (Wildman–Crippen MR) is 108 cm³/mol. The van der Waals surface area contributed by atoms with Crippen molar-refractivity contribution in [1.29, 1.82) is 0 Å². The summed E-state index contributed by atoms with van der Waals surface area (Å²) in [6.45, 7) is 0. The first-order valence-corrected chi connectivity index (χ1v) is 9.52. The number of benzene rings is 1. The van der Waals surface area contributed by atoms with Crippen molar-refractivity contribution < 1.29 is 14.6 Å². The maximum atomic E-state index is 12.3. The van der Waals surface area contributed by atoms with Gasteiger partial charge in [0.05, 0.1) is 9.85 Å². The van der Waals surface area contributed by atoms with Gasteiger partial charge in [-0.25, -0.2) is 9.97 Å². The van der Waals surface area contributed by atoms with E-state index in [-0.39, 0.29) is 34.6 Å². The number of hydrogen-bond donors (Lipinski definition) is 3. The second kappa shape index (κ2) is 9.58. The van der Waals surface area contributed by atoms with Crippen LogP contribution in [0.3, 0.4) is 0 Å². The van der Waals surface area contributed by atoms with Gasteiger partial charge >= 0.3 is 5.69 Å². The van der Waals surface area contributed by atoms with Crippen LogP contribution in [0.1, 0.15) is 48.9 Å². The first-order valence-electron chi connectivity index (χ1n) is 9.52. The maximum Gasteiger partial charge on any atom is 0.354 e. The highest BCUT2D eigenvalue weighted by Gasteiger charge is 2.26. The number of nitro groups is 2. The van der Waals surface area contributed by atoms with E-state index in [4.69, 9.17) is 0 Å². The predicted octanol–water partition coefficient (Wildman–Crippen LogP) is 3.18. The van der Waals surface area contributed by atoms with Gasteiger partial charge in [-0.2, -0.15) is 0 Å². The van der Waals surface area contributed by atoms with E-state index in [9.17, 15) is 25.0 Å². The lowest BCUT2D eigenvalue weighted by Crippen LogP contribution is -2.30. The molecule has 1 heterocycles. The first kappa shape index (κ1) is 20.9. The zero-order chi connectivity index (χ0) is 21.5. The molecule has 0 aliphatic heterocycles. The molecule has 1 amide bonds. The van der Waals surface area contributed by atoms with Gasteiger partial charge in [0.1, 0.15) is 6.33 Å². The molecule has 12 nitrogen and oxygen atoms in total. The van der Waals surface area contributed by atoms with Crippen LogP contribution in [0.4, 0.5) is 23.0 Å². The highest BCUT2D eigenvalue weighted by atomic mass is 16.6. The molecule has 0 atom stereocenters. The van der Waals surface area contributed by atoms with E-state index in [2.05, 4.69) is 26.1 Å². The third-order valence-corrected chi connectivity index (χ3v) is 4.81. The van der Waals surface area contributed by atoms with Crippen molar-refractivity contribution in [3.05, 3.63) is 56.4 Å². The molecule has 0 spiro atoms. The molecule has 3 N–H and O–H groups in total. The number of rotatable bonds is 7. The molecule has 1 saturated carbocycles. The number of anilines is 2. The Hall–Kier alpha value is -3.83. The Morgan fingerprint density at radius 3 is 2.37 bits per heavy atom. The van der Waals surface area contributed by atoms with Crippen LogP contribution in [-0.2, 0) is 0 Å². The van der Waals surface area contributed by atoms with Gasteiger partial charge in [-0.1, -0.05) is 31.7 Å². The van der Waals surface area contributed by atoms with Crippen molar-refractivity contribution >= 4 is 28.9 Å². The van der Waals surface area contributed by atoms with Gasteiger partial charge in [-0.3, -0.25) is 35.9 Å². The van der Waals surface area contributed by atoms with Gasteiger partial charge in [-0.15, -0.1) is 0 Å². The molecular weight excluding hydrogens is 394 g/mol. The zero-order valence-corrected chi connectivity index (χ0v) is 16.0. The van der Waals surface area contributed by atoms with Crippen molar-refractivity contribution in [2.75, 3.05) is 10.7 Å². The third-order valence-electron chi connectivity index (χ3n) is 4.81. The van der Waals surface area contributed by atoms with Crippen LogP contribution in [0.5, 0.6) is 0 Å². The van der Waals surface area contributed by atoms with E-state index < -0.39 is 15.8 Å². The van der Waals surface area contributed by atoms with Gasteiger partial charge in [0.2, 0.25) is 11.6 Å². The smallest absolute Gasteiger partial charge is 0.354 e. The van der Waals surface area contributed by atoms with Gasteiger partial charge in [0, 0.05) is 23.7 Å². The quantitative estimate of drug-likeness (QED) is 0.350. The monoisotopic (exact) mass is 415 g/mol. The number of nitrogens with one attached hydrogen (secondary N) is 3. The molecule has 1 aromatic heterocycles. The molecule has 30 heavy (non-hydrogen) atoms. The Labute approximate surface area is 171 Å². The number of amides is 1. The fourth-order valence-electron chi connectivity index (χ4n) is 3.31. The lowest BCUT2D eigenvalue weighted by Gasteiger charge is -2.17. The van der Waals surface area contributed by atoms with Crippen molar-refractivity contribution in [3.63, 3.8) is 0 Å². The molecule has 1 aliphatic carbocycles. The number of aromatic nitrogens is 2. The standard InChI is InChI=1S/C18H21N7O5/c26-18(12-6-5-9-14(10-12)24(27)28)23-22-17-15(25(29)30)16(19-11-20-17)21-13-7-3-1-2-4-8-13/h5-6,9-11,13H,1-4,7-8H2,(H,23,26)(H2,19,20,21,22). The minimum absolute atomic E-state index is 0.0187. The Morgan fingerprint density at radius 1 is 1.00 bits per heavy atom. The summed E-state index contributed by atoms with van der Waals surface area (Å²) in [6.07, 6.45) is 7.32. The van der Waals surface area contributed by atoms with E-state index in [0.29, 0.717) is 0 Å². The molecule has 0 radical (unpaired) electrons. The molecule has 0 unspecified atom stereocenters. The molecule has 158 valence electrons. The number of nitrogens with zero attached hydrogens (tertiary/aromatic N) is 4. The van der Waals surface area contributed by atoms with E-state index in [1.54, 1.807) is 0 Å². The van der Waals surface area contributed by atoms with E-state index in [1.165, 1.54) is 18.2 Å². The second-order valence-corrected chi connectivity index (χ2v) is 6.90. The molecule has 0 saturated heterocycles. The van der Waals surface area contributed by atoms with Crippen LogP contribution < -0.4 is 16.2 Å². The number of carbonyl (C=O) groups excluding carboxylic acids is 1. The maximum absolute atomic E-state index is 12.3. The number of non-ortho nitro benzene ring substituents is 1. The summed E-state index contributed by atoms with van der Waals surface area (Å²) < 4.78 is 0. The van der Waals surface area contributed by atoms with Crippen LogP contribution in [0.25, 0.3) is 0 Å². The summed E-state index contributed by atoms with van der Waals surface area (Å²) >= 11 is 0. The normalized spacial score (nSPS) is 14.4. The molecule has 2 aromatic rings. The first-order chi connectivity index (χ1) is 14.5. The minimum Gasteiger partial charge on any atom is -0.361 e. The Bertz CT molecular complexity index is 944. The summed E-state index contributed by atoms with van der Waals surface area (Å²) in [4.78, 5) is 41.4. The second-order valence-electron chi connectivity index (χ2n) is 6.90. The number of nitro benzene ring substituents is 1. The lowest BCUT2D eigenvalue weighted by atomic mass is 10.1. The minimum atomic E-state index is -0.704. The van der Waals surface area contributed by atoms with Crippen molar-refractivity contribution in [2.45, 2.75) is 44.6 Å². The lowest BCUT2D eigenvalue weighted by molar-refractivity contribution is -0.384. The van der Waals surface area contributed by atoms with E-state index >= 15 is 0 Å². The molecular formula is C18H21N7O5. The molecule has 12 heteroatoms. The van der Waals surface area contributed by atoms with Crippen LogP contribution in [-0.4, -0.2) is 31.8 Å². The Balaban J connectivity index is 1.75. The summed E-state index contributed by atoms with van der Waals surface area (Å²) in [5.41, 5.74) is 4.10. The molecule has 1 aromatic carbocycles. The summed E-state index contributed by atoms with van der Waals surface area (Å²) in [5, 5.41) is 25.6. The van der Waals surface area contributed by atoms with Gasteiger partial charge in [0.25, 0.3) is 11.6 Å². The summed E-state index contributed by atoms with van der Waals surface area (Å²) in [5.74, 6) is -0.816. The van der Waals surface area contributed by atoms with Crippen molar-refractivity contribution in [1.82, 2.24) is 15.4 Å². The van der Waals surface area contributed by atoms with Crippen LogP contribution in [0.2, 0.25) is 0 Å². The zero-order valence-electron chi connectivity index (χ0n) is 16.0. The average Bonchev–Trinajstić information content (AvgIpc) is 3.00. The van der Waals surface area contributed by atoms with Crippen molar-refractivity contribution in [2.24, 2.45) is 0 Å². The number of carbonyl (C=O) groups is 1. The van der Waals surface area contributed by atoms with Gasteiger partial charge < -0.3 is 5.32 Å². The third kappa shape index (κ3) is 5.16. The Morgan fingerprint density at radius 2 is 1.70 bits per heavy atom. The molecule has 3 rings (SSSR count). The fourth-order valence-corrected chi connectivity index (χ4v) is 3.31. The van der Waals surface area contributed by atoms with Crippen LogP contribution in [0.15, 0.2) is 30.6 Å². The van der Waals surface area contributed by atoms with E-state index in [1.807, 2.05) is 0 Å². The molecule has 1 fully saturated rings. The van der Waals surface area contributed by atoms with E-state index in [0.717, 1.165) is 50.9 Å². The van der Waals surface area contributed by atoms with Crippen LogP contribution >= 0.6 is 0 Å².